The SMILES string of the molecule is Cc1cc(=O)oc2cc(O[C@H]3O[C@@H](CO)[C@H](O)[C@@H](O[C@@H]4O[C@H](C)[C@H](O)[C@@H](O)[C@@H]4O)[C@@H]3O)ccc12. The lowest BCUT2D eigenvalue weighted by Crippen LogP contribution is -2.64. The number of ether oxygens (including phenoxy) is 4. The maximum atomic E-state index is 11.7. The van der Waals surface area contributed by atoms with Gasteiger partial charge in [-0.15, -0.1) is 0 Å². The summed E-state index contributed by atoms with van der Waals surface area (Å²) in [6.07, 6.45) is -14.3. The minimum Gasteiger partial charge on any atom is -0.462 e. The van der Waals surface area contributed by atoms with Crippen LogP contribution in [0.5, 0.6) is 5.75 Å². The third-order valence-electron chi connectivity index (χ3n) is 6.10. The number of aryl methyl sites for hydroxylation is 1. The van der Waals surface area contributed by atoms with Gasteiger partial charge in [-0.2, -0.15) is 0 Å². The van der Waals surface area contributed by atoms with Crippen molar-refractivity contribution in [1.82, 2.24) is 0 Å². The number of aliphatic hydroxyl groups is 6. The number of fused-ring (bicyclic) bond motifs is 1. The van der Waals surface area contributed by atoms with Gasteiger partial charge in [-0.3, -0.25) is 0 Å². The van der Waals surface area contributed by atoms with E-state index in [0.29, 0.717) is 10.9 Å². The zero-order chi connectivity index (χ0) is 24.7. The molecular weight excluding hydrogens is 456 g/mol. The smallest absolute Gasteiger partial charge is 0.336 e. The van der Waals surface area contributed by atoms with Crippen molar-refractivity contribution >= 4 is 11.0 Å². The fourth-order valence-corrected chi connectivity index (χ4v) is 4.10. The minimum atomic E-state index is -1.67. The molecule has 2 aliphatic heterocycles. The Morgan fingerprint density at radius 2 is 1.65 bits per heavy atom. The highest BCUT2D eigenvalue weighted by Gasteiger charge is 2.50. The Hall–Kier alpha value is -2.13. The summed E-state index contributed by atoms with van der Waals surface area (Å²) in [6, 6.07) is 6.01. The molecule has 0 unspecified atom stereocenters. The average molecular weight is 484 g/mol. The summed E-state index contributed by atoms with van der Waals surface area (Å²) in [5, 5.41) is 61.8. The van der Waals surface area contributed by atoms with E-state index in [9.17, 15) is 35.4 Å². The van der Waals surface area contributed by atoms with Crippen molar-refractivity contribution < 1.29 is 54.0 Å². The second-order valence-electron chi connectivity index (χ2n) is 8.51. The van der Waals surface area contributed by atoms with Crippen molar-refractivity contribution in [2.75, 3.05) is 6.61 Å². The van der Waals surface area contributed by atoms with Crippen LogP contribution in [0.3, 0.4) is 0 Å². The van der Waals surface area contributed by atoms with Gasteiger partial charge in [0.2, 0.25) is 6.29 Å². The summed E-state index contributed by atoms with van der Waals surface area (Å²) in [5.41, 5.74) is 0.413. The predicted molar refractivity (Wildman–Crippen MR) is 113 cm³/mol. The molecule has 12 nitrogen and oxygen atoms in total. The molecule has 0 spiro atoms. The van der Waals surface area contributed by atoms with E-state index < -0.39 is 73.6 Å². The van der Waals surface area contributed by atoms with Crippen molar-refractivity contribution in [2.24, 2.45) is 0 Å². The molecule has 12 heteroatoms. The minimum absolute atomic E-state index is 0.165. The molecule has 4 rings (SSSR count). The fraction of sp³-hybridized carbons (Fsp3) is 0.591. The summed E-state index contributed by atoms with van der Waals surface area (Å²) in [6.45, 7) is 2.56. The van der Waals surface area contributed by atoms with Crippen molar-refractivity contribution in [3.05, 3.63) is 40.2 Å². The van der Waals surface area contributed by atoms with E-state index in [-0.39, 0.29) is 11.3 Å². The lowest BCUT2D eigenvalue weighted by Gasteiger charge is -2.45. The Bertz CT molecular complexity index is 1060. The molecule has 2 saturated heterocycles. The summed E-state index contributed by atoms with van der Waals surface area (Å²) in [5.74, 6) is 0.165. The van der Waals surface area contributed by atoms with Gasteiger partial charge in [-0.25, -0.2) is 4.79 Å². The van der Waals surface area contributed by atoms with Crippen molar-refractivity contribution in [3.63, 3.8) is 0 Å². The van der Waals surface area contributed by atoms with Gasteiger partial charge in [0.25, 0.3) is 0 Å². The van der Waals surface area contributed by atoms with E-state index in [2.05, 4.69) is 0 Å². The number of benzene rings is 1. The zero-order valence-corrected chi connectivity index (χ0v) is 18.4. The molecule has 0 bridgehead atoms. The third kappa shape index (κ3) is 4.69. The molecule has 34 heavy (non-hydrogen) atoms. The maximum absolute atomic E-state index is 11.7. The molecule has 0 amide bonds. The largest absolute Gasteiger partial charge is 0.462 e. The van der Waals surface area contributed by atoms with Gasteiger partial charge in [-0.1, -0.05) is 0 Å². The van der Waals surface area contributed by atoms with Crippen LogP contribution in [0.1, 0.15) is 12.5 Å². The van der Waals surface area contributed by atoms with Crippen LogP contribution in [-0.2, 0) is 14.2 Å². The number of aliphatic hydroxyl groups excluding tert-OH is 6. The molecule has 0 radical (unpaired) electrons. The first-order valence-electron chi connectivity index (χ1n) is 10.8. The summed E-state index contributed by atoms with van der Waals surface area (Å²) >= 11 is 0. The lowest BCUT2D eigenvalue weighted by molar-refractivity contribution is -0.349. The molecule has 2 aliphatic rings. The van der Waals surface area contributed by atoms with E-state index >= 15 is 0 Å². The number of hydrogen-bond donors (Lipinski definition) is 6. The van der Waals surface area contributed by atoms with Crippen LogP contribution in [0.4, 0.5) is 0 Å². The second-order valence-corrected chi connectivity index (χ2v) is 8.51. The molecule has 3 heterocycles. The maximum Gasteiger partial charge on any atom is 0.336 e. The van der Waals surface area contributed by atoms with Gasteiger partial charge < -0.3 is 54.0 Å². The van der Waals surface area contributed by atoms with Crippen LogP contribution >= 0.6 is 0 Å². The van der Waals surface area contributed by atoms with Gasteiger partial charge in [0.15, 0.2) is 6.29 Å². The second kappa shape index (κ2) is 9.85. The van der Waals surface area contributed by atoms with Crippen LogP contribution in [0.25, 0.3) is 11.0 Å². The van der Waals surface area contributed by atoms with Gasteiger partial charge in [-0.05, 0) is 31.5 Å². The van der Waals surface area contributed by atoms with Gasteiger partial charge in [0, 0.05) is 17.5 Å². The Morgan fingerprint density at radius 1 is 0.912 bits per heavy atom. The van der Waals surface area contributed by atoms with E-state index in [4.69, 9.17) is 23.4 Å². The summed E-state index contributed by atoms with van der Waals surface area (Å²) in [7, 11) is 0. The zero-order valence-electron chi connectivity index (χ0n) is 18.4. The van der Waals surface area contributed by atoms with Crippen LogP contribution in [0.2, 0.25) is 0 Å². The first-order valence-corrected chi connectivity index (χ1v) is 10.8. The first-order chi connectivity index (χ1) is 16.1. The quantitative estimate of drug-likeness (QED) is 0.260. The van der Waals surface area contributed by atoms with Gasteiger partial charge in [0.05, 0.1) is 12.7 Å². The number of hydrogen-bond acceptors (Lipinski definition) is 12. The predicted octanol–water partition coefficient (Wildman–Crippen LogP) is -1.87. The summed E-state index contributed by atoms with van der Waals surface area (Å²) < 4.78 is 27.4. The Balaban J connectivity index is 1.56. The van der Waals surface area contributed by atoms with E-state index in [1.807, 2.05) is 0 Å². The fourth-order valence-electron chi connectivity index (χ4n) is 4.10. The lowest BCUT2D eigenvalue weighted by atomic mass is 9.97. The van der Waals surface area contributed by atoms with Crippen LogP contribution in [-0.4, -0.2) is 98.7 Å². The van der Waals surface area contributed by atoms with E-state index in [0.717, 1.165) is 0 Å². The van der Waals surface area contributed by atoms with Crippen molar-refractivity contribution in [3.8, 4) is 5.75 Å². The molecule has 6 N–H and O–H groups in total. The standard InChI is InChI=1S/C22H28O12/c1-8-5-14(24)32-12-6-10(3-4-11(8)12)31-22-19(29)20(16(26)13(7-23)33-22)34-21-18(28)17(27)15(25)9(2)30-21/h3-6,9,13,15-23,25-29H,7H2,1-2H3/t9-,13+,15+,16+,17-,18+,19+,20-,21+,22+/m1/s1. The van der Waals surface area contributed by atoms with Gasteiger partial charge in [0.1, 0.15) is 54.1 Å². The van der Waals surface area contributed by atoms with Crippen LogP contribution in [0.15, 0.2) is 33.5 Å². The third-order valence-corrected chi connectivity index (χ3v) is 6.10. The molecule has 2 aromatic rings. The molecule has 1 aromatic heterocycles. The summed E-state index contributed by atoms with van der Waals surface area (Å²) in [4.78, 5) is 11.7. The normalized spacial score (nSPS) is 38.7. The van der Waals surface area contributed by atoms with E-state index in [1.165, 1.54) is 19.1 Å². The molecule has 2 fully saturated rings. The van der Waals surface area contributed by atoms with Crippen LogP contribution < -0.4 is 10.4 Å². The number of rotatable bonds is 5. The molecular formula is C22H28O12. The first kappa shape index (κ1) is 25.0. The molecule has 0 saturated carbocycles. The van der Waals surface area contributed by atoms with E-state index in [1.54, 1.807) is 19.1 Å². The Morgan fingerprint density at radius 3 is 2.35 bits per heavy atom. The van der Waals surface area contributed by atoms with Crippen LogP contribution in [0, 0.1) is 6.92 Å². The monoisotopic (exact) mass is 484 g/mol. The highest BCUT2D eigenvalue weighted by molar-refractivity contribution is 5.81. The highest BCUT2D eigenvalue weighted by atomic mass is 16.7. The average Bonchev–Trinajstić information content (AvgIpc) is 2.79. The topological polar surface area (TPSA) is 189 Å². The molecule has 188 valence electrons. The molecule has 0 aliphatic carbocycles. The Labute approximate surface area is 193 Å². The van der Waals surface area contributed by atoms with Gasteiger partial charge >= 0.3 is 5.63 Å². The van der Waals surface area contributed by atoms with Crippen molar-refractivity contribution in [2.45, 2.75) is 75.3 Å². The highest BCUT2D eigenvalue weighted by Crippen LogP contribution is 2.31. The Kier molecular flexibility index (Phi) is 7.24. The molecule has 1 aromatic carbocycles. The molecule has 10 atom stereocenters. The van der Waals surface area contributed by atoms with Crippen molar-refractivity contribution in [1.29, 1.82) is 0 Å².